The number of hydrogen-bond acceptors (Lipinski definition) is 2. The molecule has 0 aliphatic rings. The Morgan fingerprint density at radius 2 is 1.67 bits per heavy atom. The molecular formula is C18H22ClNS. The number of aryl methyl sites for hydroxylation is 1. The second-order valence-electron chi connectivity index (χ2n) is 4.97. The molecule has 0 spiro atoms. The van der Waals surface area contributed by atoms with E-state index in [1.54, 1.807) is 0 Å². The summed E-state index contributed by atoms with van der Waals surface area (Å²) in [7, 11) is 0. The molecule has 0 aliphatic heterocycles. The molecule has 21 heavy (non-hydrogen) atoms. The largest absolute Gasteiger partial charge is 0.309 e. The Hall–Kier alpha value is -0.960. The van der Waals surface area contributed by atoms with Gasteiger partial charge in [0.25, 0.3) is 0 Å². The second kappa shape index (κ2) is 8.47. The number of benzene rings is 2. The number of thioether (sulfide) groups is 1. The first kappa shape index (κ1) is 16.4. The van der Waals surface area contributed by atoms with Crippen molar-refractivity contribution in [3.05, 3.63) is 64.7 Å². The van der Waals surface area contributed by atoms with Crippen molar-refractivity contribution >= 4 is 23.4 Å². The van der Waals surface area contributed by atoms with Crippen LogP contribution in [0.4, 0.5) is 0 Å². The van der Waals surface area contributed by atoms with Gasteiger partial charge in [-0.3, -0.25) is 0 Å². The standard InChI is InChI=1S/C18H22ClNS/c1-3-14-5-7-15(8-6-14)18(20-4-2)13-21-17-11-9-16(19)10-12-17/h5-12,18,20H,3-4,13H2,1-2H3. The lowest BCUT2D eigenvalue weighted by Gasteiger charge is -2.18. The van der Waals surface area contributed by atoms with Gasteiger partial charge in [0.05, 0.1) is 0 Å². The van der Waals surface area contributed by atoms with Gasteiger partial charge in [-0.2, -0.15) is 0 Å². The van der Waals surface area contributed by atoms with Gasteiger partial charge in [0.1, 0.15) is 0 Å². The highest BCUT2D eigenvalue weighted by atomic mass is 35.5. The molecule has 1 atom stereocenters. The van der Waals surface area contributed by atoms with Gasteiger partial charge in [0.2, 0.25) is 0 Å². The summed E-state index contributed by atoms with van der Waals surface area (Å²) in [6, 6.07) is 17.4. The van der Waals surface area contributed by atoms with Gasteiger partial charge < -0.3 is 5.32 Å². The number of nitrogens with one attached hydrogen (secondary N) is 1. The van der Waals surface area contributed by atoms with Crippen LogP contribution in [0.15, 0.2) is 53.4 Å². The highest BCUT2D eigenvalue weighted by molar-refractivity contribution is 7.99. The van der Waals surface area contributed by atoms with Gasteiger partial charge in [-0.25, -0.2) is 0 Å². The van der Waals surface area contributed by atoms with Crippen LogP contribution in [0.3, 0.4) is 0 Å². The monoisotopic (exact) mass is 319 g/mol. The van der Waals surface area contributed by atoms with E-state index in [2.05, 4.69) is 55.6 Å². The van der Waals surface area contributed by atoms with Gasteiger partial charge in [-0.05, 0) is 48.4 Å². The van der Waals surface area contributed by atoms with Crippen molar-refractivity contribution in [1.29, 1.82) is 0 Å². The van der Waals surface area contributed by atoms with Crippen molar-refractivity contribution in [2.45, 2.75) is 31.2 Å². The van der Waals surface area contributed by atoms with Crippen LogP contribution in [0.5, 0.6) is 0 Å². The molecule has 1 nitrogen and oxygen atoms in total. The first-order chi connectivity index (χ1) is 10.2. The van der Waals surface area contributed by atoms with E-state index in [0.29, 0.717) is 6.04 Å². The molecule has 2 rings (SSSR count). The lowest BCUT2D eigenvalue weighted by Crippen LogP contribution is -2.22. The summed E-state index contributed by atoms with van der Waals surface area (Å²) in [6.07, 6.45) is 1.09. The summed E-state index contributed by atoms with van der Waals surface area (Å²) in [4.78, 5) is 1.26. The quantitative estimate of drug-likeness (QED) is 0.691. The fourth-order valence-corrected chi connectivity index (χ4v) is 3.34. The van der Waals surface area contributed by atoms with Crippen LogP contribution < -0.4 is 5.32 Å². The SMILES string of the molecule is CCNC(CSc1ccc(Cl)cc1)c1ccc(CC)cc1. The topological polar surface area (TPSA) is 12.0 Å². The lowest BCUT2D eigenvalue weighted by atomic mass is 10.1. The third-order valence-electron chi connectivity index (χ3n) is 3.47. The summed E-state index contributed by atoms with van der Waals surface area (Å²) < 4.78 is 0. The Bertz CT molecular complexity index is 536. The Morgan fingerprint density at radius 3 is 2.24 bits per heavy atom. The molecule has 2 aromatic carbocycles. The van der Waals surface area contributed by atoms with Crippen LogP contribution in [0.1, 0.15) is 31.0 Å². The molecule has 2 aromatic rings. The minimum absolute atomic E-state index is 0.376. The van der Waals surface area contributed by atoms with E-state index in [4.69, 9.17) is 11.6 Å². The van der Waals surface area contributed by atoms with Crippen LogP contribution in [0.25, 0.3) is 0 Å². The molecule has 0 radical (unpaired) electrons. The van der Waals surface area contributed by atoms with Crippen LogP contribution in [0.2, 0.25) is 5.02 Å². The molecule has 1 unspecified atom stereocenters. The van der Waals surface area contributed by atoms with Crippen molar-refractivity contribution in [3.8, 4) is 0 Å². The normalized spacial score (nSPS) is 12.3. The smallest absolute Gasteiger partial charge is 0.0415 e. The number of rotatable bonds is 7. The van der Waals surface area contributed by atoms with Crippen molar-refractivity contribution < 1.29 is 0 Å². The zero-order chi connectivity index (χ0) is 15.1. The zero-order valence-electron chi connectivity index (χ0n) is 12.6. The summed E-state index contributed by atoms with van der Waals surface area (Å²) >= 11 is 7.79. The molecule has 0 amide bonds. The molecular weight excluding hydrogens is 298 g/mol. The highest BCUT2D eigenvalue weighted by Crippen LogP contribution is 2.26. The van der Waals surface area contributed by atoms with E-state index in [0.717, 1.165) is 23.7 Å². The van der Waals surface area contributed by atoms with E-state index in [-0.39, 0.29) is 0 Å². The van der Waals surface area contributed by atoms with Crippen molar-refractivity contribution in [1.82, 2.24) is 5.32 Å². The molecule has 0 saturated heterocycles. The Labute approximate surface area is 137 Å². The molecule has 0 aromatic heterocycles. The van der Waals surface area contributed by atoms with Gasteiger partial charge >= 0.3 is 0 Å². The first-order valence-corrected chi connectivity index (χ1v) is 8.79. The summed E-state index contributed by atoms with van der Waals surface area (Å²) in [5, 5.41) is 4.36. The van der Waals surface area contributed by atoms with Crippen LogP contribution in [-0.4, -0.2) is 12.3 Å². The molecule has 1 N–H and O–H groups in total. The summed E-state index contributed by atoms with van der Waals surface area (Å²) in [6.45, 7) is 5.31. The van der Waals surface area contributed by atoms with Gasteiger partial charge in [-0.1, -0.05) is 49.7 Å². The first-order valence-electron chi connectivity index (χ1n) is 7.43. The van der Waals surface area contributed by atoms with Crippen molar-refractivity contribution in [3.63, 3.8) is 0 Å². The van der Waals surface area contributed by atoms with Gasteiger partial charge in [0.15, 0.2) is 0 Å². The van der Waals surface area contributed by atoms with Crippen LogP contribution in [-0.2, 0) is 6.42 Å². The van der Waals surface area contributed by atoms with E-state index < -0.39 is 0 Å². The Balaban J connectivity index is 2.02. The molecule has 0 fully saturated rings. The maximum Gasteiger partial charge on any atom is 0.0415 e. The average Bonchev–Trinajstić information content (AvgIpc) is 2.53. The lowest BCUT2D eigenvalue weighted by molar-refractivity contribution is 0.606. The van der Waals surface area contributed by atoms with Crippen LogP contribution in [0, 0.1) is 0 Å². The van der Waals surface area contributed by atoms with E-state index in [9.17, 15) is 0 Å². The van der Waals surface area contributed by atoms with Crippen molar-refractivity contribution in [2.24, 2.45) is 0 Å². The molecule has 0 bridgehead atoms. The fraction of sp³-hybridized carbons (Fsp3) is 0.333. The molecule has 0 aliphatic carbocycles. The Morgan fingerprint density at radius 1 is 1.00 bits per heavy atom. The minimum Gasteiger partial charge on any atom is -0.309 e. The predicted molar refractivity (Wildman–Crippen MR) is 94.4 cm³/mol. The Kier molecular flexibility index (Phi) is 6.62. The van der Waals surface area contributed by atoms with Crippen LogP contribution >= 0.6 is 23.4 Å². The van der Waals surface area contributed by atoms with E-state index in [1.807, 2.05) is 23.9 Å². The predicted octanol–water partition coefficient (Wildman–Crippen LogP) is 5.35. The number of hydrogen-bond donors (Lipinski definition) is 1. The third kappa shape index (κ3) is 5.06. The minimum atomic E-state index is 0.376. The zero-order valence-corrected chi connectivity index (χ0v) is 14.2. The maximum absolute atomic E-state index is 5.93. The molecule has 0 heterocycles. The fourth-order valence-electron chi connectivity index (χ4n) is 2.22. The molecule has 3 heteroatoms. The van der Waals surface area contributed by atoms with Crippen molar-refractivity contribution in [2.75, 3.05) is 12.3 Å². The molecule has 112 valence electrons. The average molecular weight is 320 g/mol. The van der Waals surface area contributed by atoms with E-state index in [1.165, 1.54) is 16.0 Å². The third-order valence-corrected chi connectivity index (χ3v) is 4.83. The summed E-state index contributed by atoms with van der Waals surface area (Å²) in [5.74, 6) is 1.01. The van der Waals surface area contributed by atoms with Gasteiger partial charge in [-0.15, -0.1) is 11.8 Å². The maximum atomic E-state index is 5.93. The number of halogens is 1. The van der Waals surface area contributed by atoms with E-state index >= 15 is 0 Å². The van der Waals surface area contributed by atoms with Gasteiger partial charge in [0, 0.05) is 21.7 Å². The molecule has 0 saturated carbocycles. The summed E-state index contributed by atoms with van der Waals surface area (Å²) in [5.41, 5.74) is 2.75. The second-order valence-corrected chi connectivity index (χ2v) is 6.50. The highest BCUT2D eigenvalue weighted by Gasteiger charge is 2.10.